The summed E-state index contributed by atoms with van der Waals surface area (Å²) >= 11 is 0. The Hall–Kier alpha value is -2.45. The van der Waals surface area contributed by atoms with Gasteiger partial charge in [-0.3, -0.25) is 0 Å². The number of carbonyl (C=O) groups excluding carboxylic acids is 1. The van der Waals surface area contributed by atoms with Gasteiger partial charge in [-0.25, -0.2) is 14.4 Å². The summed E-state index contributed by atoms with van der Waals surface area (Å²) in [5.74, 6) is -3.72. The topological polar surface area (TPSA) is 141 Å². The molecule has 0 aromatic heterocycles. The average molecular weight is 298 g/mol. The quantitative estimate of drug-likeness (QED) is 0.515. The SMILES string of the molecule is O=C(O)c1cc(C(=O)O)cc(C(=O)OC[C@@H](O)CCO)c1. The minimum atomic E-state index is -1.38. The summed E-state index contributed by atoms with van der Waals surface area (Å²) in [5, 5.41) is 35.6. The molecule has 8 nitrogen and oxygen atoms in total. The summed E-state index contributed by atoms with van der Waals surface area (Å²) in [6.07, 6.45) is -1.04. The van der Waals surface area contributed by atoms with Gasteiger partial charge in [0, 0.05) is 6.61 Å². The molecule has 0 unspecified atom stereocenters. The molecule has 0 bridgehead atoms. The number of aliphatic hydroxyl groups excluding tert-OH is 2. The number of rotatable bonds is 7. The summed E-state index contributed by atoms with van der Waals surface area (Å²) in [4.78, 5) is 33.5. The van der Waals surface area contributed by atoms with Crippen molar-refractivity contribution in [1.29, 1.82) is 0 Å². The molecule has 0 aliphatic heterocycles. The van der Waals surface area contributed by atoms with Gasteiger partial charge in [0.1, 0.15) is 6.61 Å². The van der Waals surface area contributed by atoms with E-state index in [1.165, 1.54) is 0 Å². The number of aliphatic hydroxyl groups is 2. The fraction of sp³-hybridized carbons (Fsp3) is 0.308. The van der Waals surface area contributed by atoms with Gasteiger partial charge in [0.05, 0.1) is 22.8 Å². The molecular weight excluding hydrogens is 284 g/mol. The molecule has 0 spiro atoms. The predicted molar refractivity (Wildman–Crippen MR) is 68.4 cm³/mol. The lowest BCUT2D eigenvalue weighted by atomic mass is 10.1. The Morgan fingerprint density at radius 1 is 1.00 bits per heavy atom. The van der Waals surface area contributed by atoms with Gasteiger partial charge in [-0.2, -0.15) is 0 Å². The van der Waals surface area contributed by atoms with Crippen molar-refractivity contribution >= 4 is 17.9 Å². The summed E-state index contributed by atoms with van der Waals surface area (Å²) in [5.41, 5.74) is -0.973. The van der Waals surface area contributed by atoms with Crippen LogP contribution < -0.4 is 0 Å². The van der Waals surface area contributed by atoms with E-state index >= 15 is 0 Å². The molecule has 1 rings (SSSR count). The highest BCUT2D eigenvalue weighted by Crippen LogP contribution is 2.12. The van der Waals surface area contributed by atoms with E-state index in [1.807, 2.05) is 0 Å². The van der Waals surface area contributed by atoms with E-state index in [0.29, 0.717) is 0 Å². The summed E-state index contributed by atoms with van der Waals surface area (Å²) in [7, 11) is 0. The standard InChI is InChI=1S/C13H14O8/c14-2-1-10(15)6-21-13(20)9-4-7(11(16)17)3-8(5-9)12(18)19/h3-5,10,14-15H,1-2,6H2,(H,16,17)(H,18,19)/t10-/m0/s1. The first-order valence-corrected chi connectivity index (χ1v) is 5.93. The van der Waals surface area contributed by atoms with E-state index < -0.39 is 24.0 Å². The minimum absolute atomic E-state index is 0.0167. The maximum Gasteiger partial charge on any atom is 0.338 e. The lowest BCUT2D eigenvalue weighted by Crippen LogP contribution is -2.20. The second-order valence-electron chi connectivity index (χ2n) is 4.17. The fourth-order valence-electron chi connectivity index (χ4n) is 1.48. The van der Waals surface area contributed by atoms with Gasteiger partial charge in [-0.05, 0) is 24.6 Å². The molecule has 1 aromatic carbocycles. The highest BCUT2D eigenvalue weighted by Gasteiger charge is 2.17. The number of carboxylic acids is 2. The van der Waals surface area contributed by atoms with Crippen LogP contribution in [0.2, 0.25) is 0 Å². The number of carboxylic acid groups (broad SMARTS) is 2. The van der Waals surface area contributed by atoms with Crippen LogP contribution in [0, 0.1) is 0 Å². The van der Waals surface area contributed by atoms with E-state index in [-0.39, 0.29) is 36.3 Å². The fourth-order valence-corrected chi connectivity index (χ4v) is 1.48. The van der Waals surface area contributed by atoms with Gasteiger partial charge in [-0.15, -0.1) is 0 Å². The molecule has 0 saturated carbocycles. The van der Waals surface area contributed by atoms with Gasteiger partial charge in [0.15, 0.2) is 0 Å². The maximum absolute atomic E-state index is 11.7. The van der Waals surface area contributed by atoms with Crippen molar-refractivity contribution in [2.24, 2.45) is 0 Å². The normalized spacial score (nSPS) is 11.7. The summed E-state index contributed by atoms with van der Waals surface area (Å²) in [6, 6.07) is 2.88. The van der Waals surface area contributed by atoms with Crippen LogP contribution in [0.15, 0.2) is 18.2 Å². The van der Waals surface area contributed by atoms with Gasteiger partial charge < -0.3 is 25.2 Å². The third kappa shape index (κ3) is 4.86. The Bertz CT molecular complexity index is 519. The van der Waals surface area contributed by atoms with Crippen LogP contribution in [0.3, 0.4) is 0 Å². The molecule has 0 fully saturated rings. The molecule has 4 N–H and O–H groups in total. The lowest BCUT2D eigenvalue weighted by Gasteiger charge is -2.10. The zero-order chi connectivity index (χ0) is 16.0. The number of carbonyl (C=O) groups is 3. The van der Waals surface area contributed by atoms with Crippen LogP contribution in [0.1, 0.15) is 37.5 Å². The van der Waals surface area contributed by atoms with Gasteiger partial charge >= 0.3 is 17.9 Å². The number of aromatic carboxylic acids is 2. The zero-order valence-corrected chi connectivity index (χ0v) is 10.9. The van der Waals surface area contributed by atoms with Crippen LogP contribution in [0.25, 0.3) is 0 Å². The zero-order valence-electron chi connectivity index (χ0n) is 10.9. The van der Waals surface area contributed by atoms with Crippen LogP contribution >= 0.6 is 0 Å². The van der Waals surface area contributed by atoms with E-state index in [1.54, 1.807) is 0 Å². The van der Waals surface area contributed by atoms with E-state index in [0.717, 1.165) is 18.2 Å². The van der Waals surface area contributed by atoms with E-state index in [2.05, 4.69) is 0 Å². The first kappa shape index (κ1) is 16.6. The van der Waals surface area contributed by atoms with Crippen molar-refractivity contribution in [3.63, 3.8) is 0 Å². The molecule has 0 aliphatic rings. The third-order valence-electron chi connectivity index (χ3n) is 2.53. The predicted octanol–water partition coefficient (Wildman–Crippen LogP) is -0.0169. The molecule has 1 aromatic rings. The van der Waals surface area contributed by atoms with Crippen molar-refractivity contribution in [3.8, 4) is 0 Å². The van der Waals surface area contributed by atoms with Crippen molar-refractivity contribution in [1.82, 2.24) is 0 Å². The Morgan fingerprint density at radius 2 is 1.48 bits per heavy atom. The lowest BCUT2D eigenvalue weighted by molar-refractivity contribution is 0.0197. The van der Waals surface area contributed by atoms with Crippen molar-refractivity contribution in [2.45, 2.75) is 12.5 Å². The van der Waals surface area contributed by atoms with E-state index in [4.69, 9.17) is 20.1 Å². The second kappa shape index (κ2) is 7.36. The molecule has 0 radical (unpaired) electrons. The number of ether oxygens (including phenoxy) is 1. The highest BCUT2D eigenvalue weighted by molar-refractivity contribution is 5.99. The number of esters is 1. The Kier molecular flexibility index (Phi) is 5.82. The Balaban J connectivity index is 2.92. The van der Waals surface area contributed by atoms with Crippen molar-refractivity contribution < 1.29 is 39.5 Å². The monoisotopic (exact) mass is 298 g/mol. The average Bonchev–Trinajstić information content (AvgIpc) is 2.44. The summed E-state index contributed by atoms with van der Waals surface area (Å²) < 4.78 is 4.73. The number of hydrogen-bond acceptors (Lipinski definition) is 6. The van der Waals surface area contributed by atoms with Gasteiger partial charge in [0.25, 0.3) is 0 Å². The number of benzene rings is 1. The minimum Gasteiger partial charge on any atom is -0.478 e. The molecule has 0 aliphatic carbocycles. The summed E-state index contributed by atoms with van der Waals surface area (Å²) in [6.45, 7) is -0.671. The smallest absolute Gasteiger partial charge is 0.338 e. The van der Waals surface area contributed by atoms with Gasteiger partial charge in [-0.1, -0.05) is 0 Å². The third-order valence-corrected chi connectivity index (χ3v) is 2.53. The molecule has 8 heteroatoms. The maximum atomic E-state index is 11.7. The van der Waals surface area contributed by atoms with Crippen LogP contribution in [-0.2, 0) is 4.74 Å². The van der Waals surface area contributed by atoms with E-state index in [9.17, 15) is 19.5 Å². The molecule has 0 saturated heterocycles. The molecular formula is C13H14O8. The molecule has 21 heavy (non-hydrogen) atoms. The number of hydrogen-bond donors (Lipinski definition) is 4. The van der Waals surface area contributed by atoms with Crippen molar-refractivity contribution in [3.05, 3.63) is 34.9 Å². The molecule has 0 heterocycles. The molecule has 114 valence electrons. The second-order valence-corrected chi connectivity index (χ2v) is 4.17. The van der Waals surface area contributed by atoms with Crippen LogP contribution in [0.5, 0.6) is 0 Å². The first-order chi connectivity index (χ1) is 9.85. The largest absolute Gasteiger partial charge is 0.478 e. The Morgan fingerprint density at radius 3 is 1.90 bits per heavy atom. The molecule has 1 atom stereocenters. The highest BCUT2D eigenvalue weighted by atomic mass is 16.5. The van der Waals surface area contributed by atoms with Crippen molar-refractivity contribution in [2.75, 3.05) is 13.2 Å². The van der Waals surface area contributed by atoms with Crippen LogP contribution in [-0.4, -0.2) is 57.7 Å². The van der Waals surface area contributed by atoms with Gasteiger partial charge in [0.2, 0.25) is 0 Å². The first-order valence-electron chi connectivity index (χ1n) is 5.93. The molecule has 0 amide bonds. The van der Waals surface area contributed by atoms with Crippen LogP contribution in [0.4, 0.5) is 0 Å². The Labute approximate surface area is 119 Å².